The van der Waals surface area contributed by atoms with Crippen LogP contribution in [0.25, 0.3) is 5.65 Å². The molecular formula is C16H13F3N6O4S2. The minimum Gasteiger partial charge on any atom is -0.477 e. The number of nitrogens with zero attached hydrogens (tertiary/aromatic N) is 4. The number of thioether (sulfide) groups is 2. The minimum atomic E-state index is -4.79. The number of aliphatic carboxylic acids is 1. The van der Waals surface area contributed by atoms with Gasteiger partial charge in [0.1, 0.15) is 27.7 Å². The molecule has 0 saturated carbocycles. The second-order valence-electron chi connectivity index (χ2n) is 6.62. The minimum absolute atomic E-state index is 0.0408. The first-order valence-corrected chi connectivity index (χ1v) is 10.6. The summed E-state index contributed by atoms with van der Waals surface area (Å²) in [5.41, 5.74) is 9.20. The molecule has 0 unspecified atom stereocenters. The molecule has 0 spiro atoms. The molecule has 5 N–H and O–H groups in total. The van der Waals surface area contributed by atoms with E-state index in [0.29, 0.717) is 10.1 Å². The van der Waals surface area contributed by atoms with Gasteiger partial charge < -0.3 is 16.6 Å². The fourth-order valence-electron chi connectivity index (χ4n) is 3.24. The molecule has 1 fully saturated rings. The predicted octanol–water partition coefficient (Wildman–Crippen LogP) is 0.520. The summed E-state index contributed by atoms with van der Waals surface area (Å²) in [7, 11) is 0. The van der Waals surface area contributed by atoms with Gasteiger partial charge in [0.2, 0.25) is 5.91 Å². The summed E-state index contributed by atoms with van der Waals surface area (Å²) < 4.78 is 41.0. The molecule has 2 aromatic heterocycles. The number of halogens is 3. The number of amides is 2. The molecule has 0 bridgehead atoms. The molecule has 0 aromatic carbocycles. The Labute approximate surface area is 179 Å². The Hall–Kier alpha value is -2.78. The lowest BCUT2D eigenvalue weighted by molar-refractivity contribution is -0.147. The van der Waals surface area contributed by atoms with Crippen LogP contribution in [0.1, 0.15) is 16.1 Å². The second kappa shape index (κ2) is 7.42. The van der Waals surface area contributed by atoms with Crippen molar-refractivity contribution in [2.75, 3.05) is 11.5 Å². The van der Waals surface area contributed by atoms with Gasteiger partial charge in [0.25, 0.3) is 5.91 Å². The third kappa shape index (κ3) is 3.51. The van der Waals surface area contributed by atoms with Crippen LogP contribution in [0.5, 0.6) is 0 Å². The lowest BCUT2D eigenvalue weighted by atomic mass is 10.0. The van der Waals surface area contributed by atoms with Gasteiger partial charge in [0.15, 0.2) is 11.3 Å². The summed E-state index contributed by atoms with van der Waals surface area (Å²) >= 11 is 2.12. The van der Waals surface area contributed by atoms with E-state index in [1.54, 1.807) is 0 Å². The smallest absolute Gasteiger partial charge is 0.433 e. The number of carboxylic acid groups (broad SMARTS) is 1. The molecule has 2 aliphatic rings. The van der Waals surface area contributed by atoms with Gasteiger partial charge in [-0.3, -0.25) is 14.5 Å². The molecule has 2 aliphatic heterocycles. The molecule has 10 nitrogen and oxygen atoms in total. The monoisotopic (exact) mass is 474 g/mol. The maximum atomic E-state index is 13.5. The Kier molecular flexibility index (Phi) is 5.13. The topological polar surface area (TPSA) is 157 Å². The Morgan fingerprint density at radius 1 is 1.39 bits per heavy atom. The van der Waals surface area contributed by atoms with E-state index >= 15 is 0 Å². The largest absolute Gasteiger partial charge is 0.477 e. The highest BCUT2D eigenvalue weighted by atomic mass is 32.2. The maximum absolute atomic E-state index is 13.5. The Balaban J connectivity index is 1.70. The number of nitrogens with two attached hydrogens (primary N) is 2. The highest BCUT2D eigenvalue weighted by molar-refractivity contribution is 8.01. The van der Waals surface area contributed by atoms with Crippen LogP contribution < -0.4 is 11.5 Å². The zero-order valence-electron chi connectivity index (χ0n) is 15.3. The third-order valence-corrected chi connectivity index (χ3v) is 7.05. The van der Waals surface area contributed by atoms with Gasteiger partial charge in [0.05, 0.1) is 6.20 Å². The molecule has 4 heterocycles. The van der Waals surface area contributed by atoms with Crippen molar-refractivity contribution in [1.29, 1.82) is 0 Å². The van der Waals surface area contributed by atoms with Gasteiger partial charge in [-0.1, -0.05) is 0 Å². The number of carboxylic acids is 1. The number of fused-ring (bicyclic) bond motifs is 2. The van der Waals surface area contributed by atoms with Crippen molar-refractivity contribution in [2.24, 2.45) is 11.5 Å². The summed E-state index contributed by atoms with van der Waals surface area (Å²) in [6.07, 6.45) is -3.90. The lowest BCUT2D eigenvalue weighted by Gasteiger charge is -2.48. The van der Waals surface area contributed by atoms with Gasteiger partial charge >= 0.3 is 12.1 Å². The van der Waals surface area contributed by atoms with E-state index in [1.807, 2.05) is 0 Å². The van der Waals surface area contributed by atoms with Gasteiger partial charge in [-0.15, -0.1) is 23.5 Å². The van der Waals surface area contributed by atoms with Crippen LogP contribution in [0.15, 0.2) is 28.6 Å². The first-order chi connectivity index (χ1) is 14.5. The Morgan fingerprint density at radius 3 is 2.71 bits per heavy atom. The molecule has 0 aliphatic carbocycles. The van der Waals surface area contributed by atoms with Gasteiger partial charge in [-0.2, -0.15) is 18.3 Å². The van der Waals surface area contributed by atoms with Crippen LogP contribution in [0.2, 0.25) is 0 Å². The first-order valence-electron chi connectivity index (χ1n) is 8.55. The highest BCUT2D eigenvalue weighted by Crippen LogP contribution is 2.41. The van der Waals surface area contributed by atoms with Crippen molar-refractivity contribution in [3.63, 3.8) is 0 Å². The molecule has 164 valence electrons. The van der Waals surface area contributed by atoms with E-state index in [-0.39, 0.29) is 33.4 Å². The molecule has 2 atom stereocenters. The number of primary amides is 1. The Morgan fingerprint density at radius 2 is 2.10 bits per heavy atom. The summed E-state index contributed by atoms with van der Waals surface area (Å²) in [6.45, 7) is 0. The molecule has 2 aromatic rings. The first kappa shape index (κ1) is 21.5. The van der Waals surface area contributed by atoms with E-state index in [0.717, 1.165) is 28.9 Å². The summed E-state index contributed by atoms with van der Waals surface area (Å²) in [5, 5.41) is 12.5. The van der Waals surface area contributed by atoms with Crippen LogP contribution in [0, 0.1) is 0 Å². The average Bonchev–Trinajstić information content (AvgIpc) is 3.13. The van der Waals surface area contributed by atoms with E-state index in [4.69, 9.17) is 11.5 Å². The van der Waals surface area contributed by atoms with Crippen LogP contribution in [0.3, 0.4) is 0 Å². The fourth-order valence-corrected chi connectivity index (χ4v) is 5.57. The number of carbonyl (C=O) groups is 3. The van der Waals surface area contributed by atoms with E-state index < -0.39 is 41.1 Å². The van der Waals surface area contributed by atoms with Crippen molar-refractivity contribution < 1.29 is 32.7 Å². The predicted molar refractivity (Wildman–Crippen MR) is 103 cm³/mol. The molecule has 15 heteroatoms. The van der Waals surface area contributed by atoms with Gasteiger partial charge in [0, 0.05) is 17.6 Å². The van der Waals surface area contributed by atoms with Crippen molar-refractivity contribution in [2.45, 2.75) is 22.6 Å². The number of rotatable bonds is 5. The molecule has 31 heavy (non-hydrogen) atoms. The van der Waals surface area contributed by atoms with E-state index in [9.17, 15) is 32.7 Å². The average molecular weight is 474 g/mol. The van der Waals surface area contributed by atoms with Crippen molar-refractivity contribution in [1.82, 2.24) is 19.5 Å². The number of β-lactam (4-membered cyclic amide) rings is 1. The normalized spacial score (nSPS) is 21.3. The third-order valence-electron chi connectivity index (χ3n) is 4.69. The van der Waals surface area contributed by atoms with Crippen LogP contribution >= 0.6 is 23.5 Å². The molecule has 0 radical (unpaired) electrons. The number of alkyl halides is 3. The lowest BCUT2D eigenvalue weighted by Crippen LogP contribution is -2.68. The fraction of sp³-hybridized carbons (Fsp3) is 0.312. The molecule has 4 rings (SSSR count). The standard InChI is InChI=1S/C16H13F3N6O4S2/c17-16(18,19)7-1-8(23-12-6(11(21)26)2-22-25(7)12)30-3-5-4-31-14-9(20)13(27)24(14)10(5)15(28)29/h1-2,9,14H,3-4,20H2,(H2,21,26)(H,28,29)/t9-,14-/m1/s1. The quantitative estimate of drug-likeness (QED) is 0.319. The molecule has 1 saturated heterocycles. The van der Waals surface area contributed by atoms with Crippen LogP contribution in [0.4, 0.5) is 13.2 Å². The second-order valence-corrected chi connectivity index (χ2v) is 8.72. The molecular weight excluding hydrogens is 461 g/mol. The van der Waals surface area contributed by atoms with Crippen molar-refractivity contribution >= 4 is 47.0 Å². The van der Waals surface area contributed by atoms with E-state index in [2.05, 4.69) is 10.1 Å². The highest BCUT2D eigenvalue weighted by Gasteiger charge is 2.51. The summed E-state index contributed by atoms with van der Waals surface area (Å²) in [5.74, 6) is -2.64. The van der Waals surface area contributed by atoms with Crippen molar-refractivity contribution in [3.05, 3.63) is 34.8 Å². The summed E-state index contributed by atoms with van der Waals surface area (Å²) in [6, 6.07) is -0.0408. The van der Waals surface area contributed by atoms with Crippen molar-refractivity contribution in [3.8, 4) is 0 Å². The SMILES string of the molecule is NC(=O)c1cnn2c(C(F)(F)F)cc(SCC3=C(C(=O)O)N4C(=O)[C@@H](N)[C@H]4SC3)nc12. The number of hydrogen-bond donors (Lipinski definition) is 3. The van der Waals surface area contributed by atoms with Gasteiger partial charge in [-0.25, -0.2) is 14.3 Å². The molecule has 2 amide bonds. The maximum Gasteiger partial charge on any atom is 0.433 e. The van der Waals surface area contributed by atoms with Gasteiger partial charge in [-0.05, 0) is 5.57 Å². The van der Waals surface area contributed by atoms with E-state index in [1.165, 1.54) is 11.8 Å². The number of aromatic nitrogens is 3. The number of carbonyl (C=O) groups excluding carboxylic acids is 2. The van der Waals surface area contributed by atoms with Crippen LogP contribution in [-0.2, 0) is 15.8 Å². The zero-order valence-corrected chi connectivity index (χ0v) is 16.9. The zero-order chi connectivity index (χ0) is 22.7. The Bertz CT molecular complexity index is 1160. The number of hydrogen-bond acceptors (Lipinski definition) is 8. The van der Waals surface area contributed by atoms with Crippen LogP contribution in [-0.4, -0.2) is 65.3 Å². The summed E-state index contributed by atoms with van der Waals surface area (Å²) in [4.78, 5) is 40.4.